The zero-order valence-electron chi connectivity index (χ0n) is 16.5. The van der Waals surface area contributed by atoms with Gasteiger partial charge in [-0.3, -0.25) is 9.59 Å². The molecule has 8 heteroatoms. The number of hydrogen-bond donors (Lipinski definition) is 2. The lowest BCUT2D eigenvalue weighted by molar-refractivity contribution is -0.126. The van der Waals surface area contributed by atoms with E-state index in [1.165, 1.54) is 0 Å². The van der Waals surface area contributed by atoms with Gasteiger partial charge in [-0.1, -0.05) is 18.6 Å². The van der Waals surface area contributed by atoms with Crippen molar-refractivity contribution in [2.75, 3.05) is 32.7 Å². The van der Waals surface area contributed by atoms with Crippen molar-refractivity contribution in [2.24, 2.45) is 5.92 Å². The number of carbonyl (C=O) groups is 2. The van der Waals surface area contributed by atoms with Crippen molar-refractivity contribution >= 4 is 11.8 Å². The highest BCUT2D eigenvalue weighted by Gasteiger charge is 2.31. The summed E-state index contributed by atoms with van der Waals surface area (Å²) >= 11 is 0. The molecule has 3 rings (SSSR count). The minimum Gasteiger partial charge on any atom is -0.356 e. The molecule has 1 unspecified atom stereocenters. The molecule has 3 heterocycles. The summed E-state index contributed by atoms with van der Waals surface area (Å²) in [6.07, 6.45) is 5.73. The largest absolute Gasteiger partial charge is 0.356 e. The van der Waals surface area contributed by atoms with Crippen molar-refractivity contribution in [1.82, 2.24) is 30.5 Å². The fourth-order valence-electron chi connectivity index (χ4n) is 3.99. The van der Waals surface area contributed by atoms with Gasteiger partial charge in [0.1, 0.15) is 0 Å². The molecule has 2 aliphatic heterocycles. The van der Waals surface area contributed by atoms with Gasteiger partial charge in [-0.05, 0) is 52.1 Å². The van der Waals surface area contributed by atoms with Crippen molar-refractivity contribution < 1.29 is 9.59 Å². The third-order valence-corrected chi connectivity index (χ3v) is 5.69. The van der Waals surface area contributed by atoms with Crippen LogP contribution >= 0.6 is 0 Å². The van der Waals surface area contributed by atoms with Gasteiger partial charge in [0.25, 0.3) is 5.91 Å². The number of nitrogens with one attached hydrogen (secondary N) is 2. The maximum Gasteiger partial charge on any atom is 0.276 e. The van der Waals surface area contributed by atoms with Gasteiger partial charge >= 0.3 is 0 Å². The van der Waals surface area contributed by atoms with Gasteiger partial charge < -0.3 is 15.5 Å². The fraction of sp³-hybridized carbons (Fsp3) is 0.789. The van der Waals surface area contributed by atoms with Crippen LogP contribution < -0.4 is 10.6 Å². The number of likely N-dealkylation sites (tertiary alicyclic amines) is 1. The second kappa shape index (κ2) is 9.30. The number of aromatic nitrogens is 3. The summed E-state index contributed by atoms with van der Waals surface area (Å²) in [5, 5.41) is 14.8. The summed E-state index contributed by atoms with van der Waals surface area (Å²) in [6, 6.07) is 0.304. The lowest BCUT2D eigenvalue weighted by Crippen LogP contribution is -2.45. The molecule has 8 nitrogen and oxygen atoms in total. The Bertz CT molecular complexity index is 653. The Kier molecular flexibility index (Phi) is 6.82. The van der Waals surface area contributed by atoms with Gasteiger partial charge in [0, 0.05) is 19.6 Å². The normalized spacial score (nSPS) is 21.3. The number of rotatable bonds is 6. The number of amides is 2. The molecule has 2 saturated heterocycles. The van der Waals surface area contributed by atoms with E-state index < -0.39 is 0 Å². The summed E-state index contributed by atoms with van der Waals surface area (Å²) in [5.41, 5.74) is 1.27. The van der Waals surface area contributed by atoms with Crippen molar-refractivity contribution in [2.45, 2.75) is 58.4 Å². The minimum absolute atomic E-state index is 0.0658. The maximum atomic E-state index is 13.0. The first-order valence-corrected chi connectivity index (χ1v) is 10.3. The molecule has 0 aromatic carbocycles. The van der Waals surface area contributed by atoms with Crippen LogP contribution in [0.15, 0.2) is 0 Å². The third kappa shape index (κ3) is 4.66. The zero-order valence-corrected chi connectivity index (χ0v) is 16.5. The molecule has 1 atom stereocenters. The second-order valence-corrected chi connectivity index (χ2v) is 7.68. The highest BCUT2D eigenvalue weighted by molar-refractivity contribution is 5.93. The zero-order chi connectivity index (χ0) is 19.2. The molecule has 2 N–H and O–H groups in total. The average Bonchev–Trinajstić information content (AvgIpc) is 3.09. The van der Waals surface area contributed by atoms with E-state index in [-0.39, 0.29) is 17.7 Å². The number of piperidine rings is 2. The first-order chi connectivity index (χ1) is 13.1. The van der Waals surface area contributed by atoms with Crippen LogP contribution in [0.4, 0.5) is 0 Å². The van der Waals surface area contributed by atoms with Gasteiger partial charge in [-0.2, -0.15) is 0 Å². The summed E-state index contributed by atoms with van der Waals surface area (Å²) in [6.45, 7) is 7.82. The van der Waals surface area contributed by atoms with Crippen LogP contribution in [-0.2, 0) is 4.79 Å². The third-order valence-electron chi connectivity index (χ3n) is 5.69. The SMILES string of the molecule is CCCCNC(=O)C1CCCN(C(=O)c2nnn(C3CCNCC3)c2C)C1. The van der Waals surface area contributed by atoms with Crippen LogP contribution in [0.2, 0.25) is 0 Å². The quantitative estimate of drug-likeness (QED) is 0.730. The molecule has 0 aliphatic carbocycles. The first-order valence-electron chi connectivity index (χ1n) is 10.3. The van der Waals surface area contributed by atoms with Crippen LogP contribution in [0.3, 0.4) is 0 Å². The van der Waals surface area contributed by atoms with Crippen LogP contribution in [-0.4, -0.2) is 64.4 Å². The monoisotopic (exact) mass is 376 g/mol. The van der Waals surface area contributed by atoms with Crippen LogP contribution in [0.1, 0.15) is 67.7 Å². The van der Waals surface area contributed by atoms with Crippen molar-refractivity contribution in [3.05, 3.63) is 11.4 Å². The Morgan fingerprint density at radius 2 is 2.04 bits per heavy atom. The summed E-state index contributed by atoms with van der Waals surface area (Å²) in [4.78, 5) is 27.2. The number of nitrogens with zero attached hydrogens (tertiary/aromatic N) is 4. The van der Waals surface area contributed by atoms with Crippen molar-refractivity contribution in [3.63, 3.8) is 0 Å². The highest BCUT2D eigenvalue weighted by Crippen LogP contribution is 2.23. The van der Waals surface area contributed by atoms with Gasteiger partial charge in [-0.15, -0.1) is 5.10 Å². The molecule has 0 spiro atoms. The number of carbonyl (C=O) groups excluding carboxylic acids is 2. The summed E-state index contributed by atoms with van der Waals surface area (Å²) in [5.74, 6) is -0.158. The Labute approximate surface area is 161 Å². The molecule has 2 amide bonds. The first kappa shape index (κ1) is 19.8. The molecule has 0 bridgehead atoms. The molecule has 27 heavy (non-hydrogen) atoms. The van der Waals surface area contributed by atoms with E-state index in [2.05, 4.69) is 27.9 Å². The second-order valence-electron chi connectivity index (χ2n) is 7.68. The molecule has 0 radical (unpaired) electrons. The van der Waals surface area contributed by atoms with E-state index in [1.807, 2.05) is 11.6 Å². The Morgan fingerprint density at radius 1 is 1.26 bits per heavy atom. The average molecular weight is 377 g/mol. The summed E-state index contributed by atoms with van der Waals surface area (Å²) in [7, 11) is 0. The van der Waals surface area contributed by atoms with Gasteiger partial charge in [0.05, 0.1) is 17.7 Å². The van der Waals surface area contributed by atoms with E-state index in [1.54, 1.807) is 4.90 Å². The van der Waals surface area contributed by atoms with Gasteiger partial charge in [-0.25, -0.2) is 4.68 Å². The minimum atomic E-state index is -0.126. The topological polar surface area (TPSA) is 92.2 Å². The van der Waals surface area contributed by atoms with E-state index >= 15 is 0 Å². The fourth-order valence-corrected chi connectivity index (χ4v) is 3.99. The van der Waals surface area contributed by atoms with E-state index in [0.717, 1.165) is 57.3 Å². The Hall–Kier alpha value is -1.96. The number of unbranched alkanes of at least 4 members (excludes halogenated alkanes) is 1. The van der Waals surface area contributed by atoms with Gasteiger partial charge in [0.2, 0.25) is 5.91 Å². The number of hydrogen-bond acceptors (Lipinski definition) is 5. The smallest absolute Gasteiger partial charge is 0.276 e. The van der Waals surface area contributed by atoms with E-state index in [0.29, 0.717) is 31.4 Å². The Balaban J connectivity index is 1.63. The molecule has 2 fully saturated rings. The standard InChI is InChI=1S/C19H32N6O2/c1-3-4-9-21-18(26)15-6-5-12-24(13-15)19(27)17-14(2)25(23-22-17)16-7-10-20-11-8-16/h15-16,20H,3-13H2,1-2H3,(H,21,26). The molecule has 0 saturated carbocycles. The predicted molar refractivity (Wildman–Crippen MR) is 102 cm³/mol. The van der Waals surface area contributed by atoms with Crippen LogP contribution in [0.25, 0.3) is 0 Å². The van der Waals surface area contributed by atoms with E-state index in [9.17, 15) is 9.59 Å². The van der Waals surface area contributed by atoms with Crippen molar-refractivity contribution in [3.8, 4) is 0 Å². The summed E-state index contributed by atoms with van der Waals surface area (Å²) < 4.78 is 1.91. The molecular weight excluding hydrogens is 344 g/mol. The molecule has 1 aromatic rings. The molecule has 1 aromatic heterocycles. The molecule has 150 valence electrons. The lowest BCUT2D eigenvalue weighted by atomic mass is 9.96. The van der Waals surface area contributed by atoms with Crippen LogP contribution in [0, 0.1) is 12.8 Å². The van der Waals surface area contributed by atoms with Crippen molar-refractivity contribution in [1.29, 1.82) is 0 Å². The lowest BCUT2D eigenvalue weighted by Gasteiger charge is -2.31. The molecule has 2 aliphatic rings. The molecular formula is C19H32N6O2. The van der Waals surface area contributed by atoms with Gasteiger partial charge in [0.15, 0.2) is 5.69 Å². The predicted octanol–water partition coefficient (Wildman–Crippen LogP) is 1.28. The highest BCUT2D eigenvalue weighted by atomic mass is 16.2. The van der Waals surface area contributed by atoms with E-state index in [4.69, 9.17) is 0 Å². The maximum absolute atomic E-state index is 13.0. The van der Waals surface area contributed by atoms with Crippen LogP contribution in [0.5, 0.6) is 0 Å². The Morgan fingerprint density at radius 3 is 2.78 bits per heavy atom.